The number of carbonyl (C=O) groups is 4. The Morgan fingerprint density at radius 3 is 1.77 bits per heavy atom. The topological polar surface area (TPSA) is 171 Å². The van der Waals surface area contributed by atoms with Gasteiger partial charge in [-0.25, -0.2) is 4.79 Å². The Bertz CT molecular complexity index is 602. The van der Waals surface area contributed by atoms with Crippen LogP contribution in [0.2, 0.25) is 0 Å². The highest BCUT2D eigenvalue weighted by Gasteiger charge is 2.30. The Labute approximate surface area is 188 Å². The van der Waals surface area contributed by atoms with E-state index in [0.717, 1.165) is 0 Å². The summed E-state index contributed by atoms with van der Waals surface area (Å²) in [6.07, 6.45) is 2.94. The summed E-state index contributed by atoms with van der Waals surface area (Å²) in [5, 5.41) is 25.7. The molecule has 7 N–H and O–H groups in total. The molecule has 10 nitrogen and oxygen atoms in total. The van der Waals surface area contributed by atoms with E-state index in [9.17, 15) is 19.2 Å². The van der Waals surface area contributed by atoms with Gasteiger partial charge in [-0.15, -0.1) is 0 Å². The van der Waals surface area contributed by atoms with Crippen molar-refractivity contribution in [2.75, 3.05) is 18.6 Å². The SMILES string of the molecule is CSCCC(NC(=O)C(N)CC(C)C)C(=O)NC(CC(C)C)C(=O)NC(CO)C(=O)O. The van der Waals surface area contributed by atoms with Crippen LogP contribution in [0.5, 0.6) is 0 Å². The number of hydrogen-bond acceptors (Lipinski definition) is 7. The number of carboxylic acid groups (broad SMARTS) is 1. The molecule has 0 fully saturated rings. The fourth-order valence-electron chi connectivity index (χ4n) is 2.83. The number of aliphatic hydroxyl groups excluding tert-OH is 1. The minimum absolute atomic E-state index is 0.0205. The summed E-state index contributed by atoms with van der Waals surface area (Å²) in [7, 11) is 0. The molecule has 0 aromatic carbocycles. The molecule has 4 atom stereocenters. The minimum atomic E-state index is -1.47. The van der Waals surface area contributed by atoms with Crippen LogP contribution < -0.4 is 21.7 Å². The molecule has 0 aromatic heterocycles. The number of carbonyl (C=O) groups excluding carboxylic acids is 3. The van der Waals surface area contributed by atoms with E-state index in [4.69, 9.17) is 15.9 Å². The van der Waals surface area contributed by atoms with Crippen LogP contribution in [-0.4, -0.2) is 76.7 Å². The highest BCUT2D eigenvalue weighted by molar-refractivity contribution is 7.98. The lowest BCUT2D eigenvalue weighted by molar-refractivity contribution is -0.143. The summed E-state index contributed by atoms with van der Waals surface area (Å²) < 4.78 is 0. The standard InChI is InChI=1S/C20H38N4O6S/c1-11(2)8-13(21)17(26)22-14(6-7-31-5)18(27)23-15(9-12(3)4)19(28)24-16(10-25)20(29)30/h11-16,25H,6-10,21H2,1-5H3,(H,22,26)(H,23,27)(H,24,28)(H,29,30). The van der Waals surface area contributed by atoms with Crippen molar-refractivity contribution in [3.63, 3.8) is 0 Å². The molecule has 0 saturated carbocycles. The quantitative estimate of drug-likeness (QED) is 0.192. The fourth-order valence-corrected chi connectivity index (χ4v) is 3.30. The third-order valence-corrected chi connectivity index (χ3v) is 5.09. The molecule has 0 aliphatic carbocycles. The largest absolute Gasteiger partial charge is 0.480 e. The van der Waals surface area contributed by atoms with E-state index in [1.807, 2.05) is 34.0 Å². The van der Waals surface area contributed by atoms with Crippen molar-refractivity contribution in [3.05, 3.63) is 0 Å². The number of aliphatic carboxylic acids is 1. The lowest BCUT2D eigenvalue weighted by Crippen LogP contribution is -2.57. The van der Waals surface area contributed by atoms with E-state index in [1.165, 1.54) is 11.8 Å². The molecule has 0 heterocycles. The zero-order valence-electron chi connectivity index (χ0n) is 19.0. The first-order chi connectivity index (χ1) is 14.4. The average Bonchev–Trinajstić information content (AvgIpc) is 2.66. The van der Waals surface area contributed by atoms with Crippen molar-refractivity contribution in [2.45, 2.75) is 71.1 Å². The van der Waals surface area contributed by atoms with Gasteiger partial charge in [-0.3, -0.25) is 14.4 Å². The van der Waals surface area contributed by atoms with Gasteiger partial charge in [0.15, 0.2) is 0 Å². The van der Waals surface area contributed by atoms with Crippen LogP contribution in [0.25, 0.3) is 0 Å². The number of amides is 3. The van der Waals surface area contributed by atoms with Crippen molar-refractivity contribution in [1.29, 1.82) is 0 Å². The Hall–Kier alpha value is -1.85. The summed E-state index contributed by atoms with van der Waals surface area (Å²) in [6.45, 7) is 6.81. The van der Waals surface area contributed by atoms with Gasteiger partial charge in [0, 0.05) is 0 Å². The lowest BCUT2D eigenvalue weighted by Gasteiger charge is -2.26. The normalized spacial score (nSPS) is 15.1. The first-order valence-electron chi connectivity index (χ1n) is 10.4. The van der Waals surface area contributed by atoms with E-state index < -0.39 is 54.5 Å². The van der Waals surface area contributed by atoms with Gasteiger partial charge in [0.05, 0.1) is 12.6 Å². The van der Waals surface area contributed by atoms with Crippen LogP contribution in [0.3, 0.4) is 0 Å². The van der Waals surface area contributed by atoms with Crippen LogP contribution >= 0.6 is 11.8 Å². The number of hydrogen-bond donors (Lipinski definition) is 6. The highest BCUT2D eigenvalue weighted by Crippen LogP contribution is 2.09. The van der Waals surface area contributed by atoms with Gasteiger partial charge in [0.1, 0.15) is 18.1 Å². The molecule has 0 rings (SSSR count). The van der Waals surface area contributed by atoms with E-state index in [-0.39, 0.29) is 18.3 Å². The first-order valence-corrected chi connectivity index (χ1v) is 11.8. The molecule has 11 heteroatoms. The number of thioether (sulfide) groups is 1. The summed E-state index contributed by atoms with van der Waals surface area (Å²) in [5.74, 6) is -2.24. The van der Waals surface area contributed by atoms with E-state index >= 15 is 0 Å². The number of rotatable bonds is 15. The molecule has 0 aromatic rings. The zero-order chi connectivity index (χ0) is 24.1. The summed E-state index contributed by atoms with van der Waals surface area (Å²) in [5.41, 5.74) is 5.92. The van der Waals surface area contributed by atoms with Gasteiger partial charge in [-0.2, -0.15) is 11.8 Å². The monoisotopic (exact) mass is 462 g/mol. The second kappa shape index (κ2) is 15.0. The molecule has 0 aliphatic heterocycles. The maximum Gasteiger partial charge on any atom is 0.328 e. The van der Waals surface area contributed by atoms with Crippen LogP contribution in [0.15, 0.2) is 0 Å². The van der Waals surface area contributed by atoms with E-state index in [1.54, 1.807) is 0 Å². The number of nitrogens with two attached hydrogens (primary N) is 1. The maximum absolute atomic E-state index is 12.9. The molecule has 0 spiro atoms. The van der Waals surface area contributed by atoms with Crippen LogP contribution in [0, 0.1) is 11.8 Å². The van der Waals surface area contributed by atoms with Crippen LogP contribution in [0.1, 0.15) is 47.0 Å². The summed E-state index contributed by atoms with van der Waals surface area (Å²) in [6, 6.07) is -4.12. The van der Waals surface area contributed by atoms with Gasteiger partial charge in [0.2, 0.25) is 17.7 Å². The summed E-state index contributed by atoms with van der Waals surface area (Å²) in [4.78, 5) is 49.0. The third kappa shape index (κ3) is 11.9. The Kier molecular flexibility index (Phi) is 14.1. The predicted molar refractivity (Wildman–Crippen MR) is 120 cm³/mol. The summed E-state index contributed by atoms with van der Waals surface area (Å²) >= 11 is 1.51. The number of nitrogens with one attached hydrogen (secondary N) is 3. The third-order valence-electron chi connectivity index (χ3n) is 4.44. The fraction of sp³-hybridized carbons (Fsp3) is 0.800. The lowest BCUT2D eigenvalue weighted by atomic mass is 10.0. The molecular formula is C20H38N4O6S. The second-order valence-electron chi connectivity index (χ2n) is 8.35. The van der Waals surface area contributed by atoms with Crippen molar-refractivity contribution < 1.29 is 29.4 Å². The molecule has 0 aliphatic rings. The van der Waals surface area contributed by atoms with Gasteiger partial charge < -0.3 is 31.9 Å². The van der Waals surface area contributed by atoms with Gasteiger partial charge in [-0.1, -0.05) is 27.7 Å². The van der Waals surface area contributed by atoms with E-state index in [0.29, 0.717) is 18.6 Å². The van der Waals surface area contributed by atoms with Crippen molar-refractivity contribution in [2.24, 2.45) is 17.6 Å². The predicted octanol–water partition coefficient (Wildman–Crippen LogP) is -0.310. The Balaban J connectivity index is 5.35. The molecule has 4 unspecified atom stereocenters. The molecule has 31 heavy (non-hydrogen) atoms. The molecule has 0 saturated heterocycles. The smallest absolute Gasteiger partial charge is 0.328 e. The molecule has 180 valence electrons. The van der Waals surface area contributed by atoms with Crippen molar-refractivity contribution >= 4 is 35.5 Å². The molecule has 0 bridgehead atoms. The highest BCUT2D eigenvalue weighted by atomic mass is 32.2. The van der Waals surface area contributed by atoms with Gasteiger partial charge in [-0.05, 0) is 43.1 Å². The Morgan fingerprint density at radius 2 is 1.32 bits per heavy atom. The molecule has 0 radical (unpaired) electrons. The zero-order valence-corrected chi connectivity index (χ0v) is 19.8. The average molecular weight is 463 g/mol. The maximum atomic E-state index is 12.9. The first kappa shape index (κ1) is 29.1. The van der Waals surface area contributed by atoms with Crippen molar-refractivity contribution in [1.82, 2.24) is 16.0 Å². The van der Waals surface area contributed by atoms with Gasteiger partial charge >= 0.3 is 5.97 Å². The number of carboxylic acids is 1. The molecule has 3 amide bonds. The van der Waals surface area contributed by atoms with Crippen molar-refractivity contribution in [3.8, 4) is 0 Å². The van der Waals surface area contributed by atoms with Crippen LogP contribution in [-0.2, 0) is 19.2 Å². The molecular weight excluding hydrogens is 424 g/mol. The second-order valence-corrected chi connectivity index (χ2v) is 9.34. The number of aliphatic hydroxyl groups is 1. The van der Waals surface area contributed by atoms with Gasteiger partial charge in [0.25, 0.3) is 0 Å². The minimum Gasteiger partial charge on any atom is -0.480 e. The van der Waals surface area contributed by atoms with E-state index in [2.05, 4.69) is 16.0 Å². The van der Waals surface area contributed by atoms with Crippen LogP contribution in [0.4, 0.5) is 0 Å². The Morgan fingerprint density at radius 1 is 0.839 bits per heavy atom.